The molecule has 3 rings (SSSR count). The van der Waals surface area contributed by atoms with Gasteiger partial charge in [0.2, 0.25) is 5.91 Å². The van der Waals surface area contributed by atoms with Crippen molar-refractivity contribution in [3.05, 3.63) is 69.7 Å². The van der Waals surface area contributed by atoms with Gasteiger partial charge in [-0.25, -0.2) is 0 Å². The number of likely N-dealkylation sites (tertiary alicyclic amines) is 1. The first-order valence-electron chi connectivity index (χ1n) is 8.60. The highest BCUT2D eigenvalue weighted by atomic mass is 35.5. The molecular weight excluding hydrogens is 371 g/mol. The molecule has 0 aromatic heterocycles. The van der Waals surface area contributed by atoms with Crippen molar-refractivity contribution >= 4 is 35.0 Å². The SMILES string of the molecule is O=C(NCc1ccccc1Cl)[C@@H]1CCCN(C(=O)c2ccc(Cl)cc2)C1. The molecule has 1 saturated heterocycles. The summed E-state index contributed by atoms with van der Waals surface area (Å²) in [6, 6.07) is 14.3. The highest BCUT2D eigenvalue weighted by molar-refractivity contribution is 6.31. The zero-order valence-corrected chi connectivity index (χ0v) is 15.8. The van der Waals surface area contributed by atoms with Crippen molar-refractivity contribution in [2.75, 3.05) is 13.1 Å². The van der Waals surface area contributed by atoms with Crippen LogP contribution in [-0.4, -0.2) is 29.8 Å². The summed E-state index contributed by atoms with van der Waals surface area (Å²) >= 11 is 12.0. The van der Waals surface area contributed by atoms with Gasteiger partial charge in [0.25, 0.3) is 5.91 Å². The van der Waals surface area contributed by atoms with E-state index in [0.717, 1.165) is 18.4 Å². The van der Waals surface area contributed by atoms with Gasteiger partial charge in [-0.1, -0.05) is 41.4 Å². The van der Waals surface area contributed by atoms with E-state index < -0.39 is 0 Å². The van der Waals surface area contributed by atoms with Crippen LogP contribution in [0, 0.1) is 5.92 Å². The maximum Gasteiger partial charge on any atom is 0.253 e. The Morgan fingerprint density at radius 2 is 1.81 bits per heavy atom. The Hall–Kier alpha value is -2.04. The van der Waals surface area contributed by atoms with E-state index in [9.17, 15) is 9.59 Å². The van der Waals surface area contributed by atoms with Crippen molar-refractivity contribution in [1.82, 2.24) is 10.2 Å². The summed E-state index contributed by atoms with van der Waals surface area (Å²) in [6.45, 7) is 1.48. The topological polar surface area (TPSA) is 49.4 Å². The molecule has 2 aromatic carbocycles. The number of hydrogen-bond acceptors (Lipinski definition) is 2. The van der Waals surface area contributed by atoms with E-state index in [4.69, 9.17) is 23.2 Å². The molecule has 0 unspecified atom stereocenters. The average molecular weight is 391 g/mol. The fourth-order valence-electron chi connectivity index (χ4n) is 3.12. The lowest BCUT2D eigenvalue weighted by Crippen LogP contribution is -2.45. The predicted octanol–water partition coefficient (Wildman–Crippen LogP) is 4.16. The number of hydrogen-bond donors (Lipinski definition) is 1. The molecule has 1 fully saturated rings. The van der Waals surface area contributed by atoms with E-state index in [1.807, 2.05) is 18.2 Å². The molecule has 0 aliphatic carbocycles. The molecule has 1 atom stereocenters. The molecule has 1 N–H and O–H groups in total. The molecule has 0 radical (unpaired) electrons. The van der Waals surface area contributed by atoms with Crippen molar-refractivity contribution < 1.29 is 9.59 Å². The normalized spacial score (nSPS) is 17.0. The summed E-state index contributed by atoms with van der Waals surface area (Å²) in [5.74, 6) is -0.314. The maximum absolute atomic E-state index is 12.6. The molecule has 136 valence electrons. The molecule has 0 saturated carbocycles. The van der Waals surface area contributed by atoms with Crippen LogP contribution < -0.4 is 5.32 Å². The Bertz CT molecular complexity index is 793. The number of carbonyl (C=O) groups is 2. The van der Waals surface area contributed by atoms with Crippen LogP contribution >= 0.6 is 23.2 Å². The van der Waals surface area contributed by atoms with Crippen LogP contribution in [0.1, 0.15) is 28.8 Å². The fraction of sp³-hybridized carbons (Fsp3) is 0.300. The number of carbonyl (C=O) groups excluding carboxylic acids is 2. The van der Waals surface area contributed by atoms with Gasteiger partial charge in [-0.3, -0.25) is 9.59 Å². The van der Waals surface area contributed by atoms with Crippen LogP contribution in [0.4, 0.5) is 0 Å². The van der Waals surface area contributed by atoms with Crippen molar-refractivity contribution in [1.29, 1.82) is 0 Å². The molecule has 1 heterocycles. The molecule has 4 nitrogen and oxygen atoms in total. The highest BCUT2D eigenvalue weighted by Gasteiger charge is 2.28. The monoisotopic (exact) mass is 390 g/mol. The molecule has 0 bridgehead atoms. The maximum atomic E-state index is 12.6. The van der Waals surface area contributed by atoms with Crippen LogP contribution in [0.3, 0.4) is 0 Å². The van der Waals surface area contributed by atoms with Crippen LogP contribution in [0.15, 0.2) is 48.5 Å². The lowest BCUT2D eigenvalue weighted by atomic mass is 9.96. The zero-order chi connectivity index (χ0) is 18.5. The molecule has 1 aliphatic rings. The van der Waals surface area contributed by atoms with E-state index in [2.05, 4.69) is 5.32 Å². The Morgan fingerprint density at radius 3 is 2.54 bits per heavy atom. The Balaban J connectivity index is 1.59. The van der Waals surface area contributed by atoms with Crippen LogP contribution in [0.2, 0.25) is 10.0 Å². The van der Waals surface area contributed by atoms with Gasteiger partial charge >= 0.3 is 0 Å². The van der Waals surface area contributed by atoms with Gasteiger partial charge in [0, 0.05) is 35.2 Å². The van der Waals surface area contributed by atoms with Gasteiger partial charge in [-0.15, -0.1) is 0 Å². The molecule has 26 heavy (non-hydrogen) atoms. The van der Waals surface area contributed by atoms with E-state index >= 15 is 0 Å². The van der Waals surface area contributed by atoms with Gasteiger partial charge < -0.3 is 10.2 Å². The first-order valence-corrected chi connectivity index (χ1v) is 9.36. The fourth-order valence-corrected chi connectivity index (χ4v) is 3.45. The minimum Gasteiger partial charge on any atom is -0.352 e. The smallest absolute Gasteiger partial charge is 0.253 e. The van der Waals surface area contributed by atoms with Gasteiger partial charge in [0.15, 0.2) is 0 Å². The van der Waals surface area contributed by atoms with Crippen LogP contribution in [0.25, 0.3) is 0 Å². The summed E-state index contributed by atoms with van der Waals surface area (Å²) < 4.78 is 0. The second kappa shape index (κ2) is 8.56. The third kappa shape index (κ3) is 4.57. The number of amides is 2. The predicted molar refractivity (Wildman–Crippen MR) is 103 cm³/mol. The third-order valence-electron chi connectivity index (χ3n) is 4.58. The summed E-state index contributed by atoms with van der Waals surface area (Å²) in [6.07, 6.45) is 1.59. The first-order chi connectivity index (χ1) is 12.5. The number of piperidine rings is 1. The van der Waals surface area contributed by atoms with E-state index in [-0.39, 0.29) is 17.7 Å². The molecule has 0 spiro atoms. The van der Waals surface area contributed by atoms with Crippen molar-refractivity contribution in [2.24, 2.45) is 5.92 Å². The Kier molecular flexibility index (Phi) is 6.17. The second-order valence-corrected chi connectivity index (χ2v) is 7.25. The lowest BCUT2D eigenvalue weighted by Gasteiger charge is -2.32. The lowest BCUT2D eigenvalue weighted by molar-refractivity contribution is -0.126. The number of halogens is 2. The van der Waals surface area contributed by atoms with Crippen molar-refractivity contribution in [3.63, 3.8) is 0 Å². The Labute approximate surface area is 163 Å². The molecule has 2 aromatic rings. The summed E-state index contributed by atoms with van der Waals surface area (Å²) in [5, 5.41) is 4.17. The van der Waals surface area contributed by atoms with E-state index in [1.165, 1.54) is 0 Å². The number of benzene rings is 2. The van der Waals surface area contributed by atoms with Crippen LogP contribution in [0.5, 0.6) is 0 Å². The second-order valence-electron chi connectivity index (χ2n) is 6.41. The number of nitrogens with one attached hydrogen (secondary N) is 1. The number of nitrogens with zero attached hydrogens (tertiary/aromatic N) is 1. The average Bonchev–Trinajstić information content (AvgIpc) is 2.67. The minimum absolute atomic E-state index is 0.0430. The molecule has 1 aliphatic heterocycles. The van der Waals surface area contributed by atoms with Crippen LogP contribution in [-0.2, 0) is 11.3 Å². The van der Waals surface area contributed by atoms with Crippen molar-refractivity contribution in [2.45, 2.75) is 19.4 Å². The minimum atomic E-state index is -0.206. The highest BCUT2D eigenvalue weighted by Crippen LogP contribution is 2.20. The quantitative estimate of drug-likeness (QED) is 0.851. The summed E-state index contributed by atoms with van der Waals surface area (Å²) in [4.78, 5) is 26.9. The van der Waals surface area contributed by atoms with Gasteiger partial charge in [-0.05, 0) is 48.7 Å². The van der Waals surface area contributed by atoms with Gasteiger partial charge in [0.1, 0.15) is 0 Å². The number of rotatable bonds is 4. The molecule has 6 heteroatoms. The summed E-state index contributed by atoms with van der Waals surface area (Å²) in [7, 11) is 0. The van der Waals surface area contributed by atoms with E-state index in [1.54, 1.807) is 35.2 Å². The Morgan fingerprint density at radius 1 is 1.08 bits per heavy atom. The standard InChI is InChI=1S/C20H20Cl2N2O2/c21-17-9-7-14(8-10-17)20(26)24-11-3-5-16(13-24)19(25)23-12-15-4-1-2-6-18(15)22/h1-2,4,6-10,16H,3,5,11-13H2,(H,23,25)/t16-/m1/s1. The first kappa shape index (κ1) is 18.7. The largest absolute Gasteiger partial charge is 0.352 e. The van der Waals surface area contributed by atoms with Gasteiger partial charge in [-0.2, -0.15) is 0 Å². The molecule has 2 amide bonds. The zero-order valence-electron chi connectivity index (χ0n) is 14.3. The van der Waals surface area contributed by atoms with Crippen molar-refractivity contribution in [3.8, 4) is 0 Å². The van der Waals surface area contributed by atoms with E-state index in [0.29, 0.717) is 35.2 Å². The summed E-state index contributed by atoms with van der Waals surface area (Å²) in [5.41, 5.74) is 1.47. The van der Waals surface area contributed by atoms with Gasteiger partial charge in [0.05, 0.1) is 5.92 Å². The molecular formula is C20H20Cl2N2O2. The third-order valence-corrected chi connectivity index (χ3v) is 5.20.